The van der Waals surface area contributed by atoms with Crippen LogP contribution in [-0.4, -0.2) is 42.8 Å². The maximum Gasteiger partial charge on any atom is 0.251 e. The van der Waals surface area contributed by atoms with Gasteiger partial charge in [0.1, 0.15) is 5.82 Å². The molecule has 0 saturated carbocycles. The molecule has 7 heteroatoms. The van der Waals surface area contributed by atoms with E-state index in [0.717, 1.165) is 29.0 Å². The number of aromatic nitrogens is 2. The van der Waals surface area contributed by atoms with Crippen molar-refractivity contribution in [2.45, 2.75) is 33.2 Å². The van der Waals surface area contributed by atoms with E-state index >= 15 is 0 Å². The topological polar surface area (TPSA) is 74.6 Å². The van der Waals surface area contributed by atoms with Crippen LogP contribution < -0.4 is 19.5 Å². The van der Waals surface area contributed by atoms with Crippen molar-refractivity contribution in [3.05, 3.63) is 41.7 Å². The van der Waals surface area contributed by atoms with Crippen molar-refractivity contribution in [3.63, 3.8) is 0 Å². The van der Waals surface area contributed by atoms with Crippen LogP contribution in [0.1, 0.15) is 36.5 Å². The highest BCUT2D eigenvalue weighted by Crippen LogP contribution is 2.40. The second-order valence-corrected chi connectivity index (χ2v) is 6.86. The summed E-state index contributed by atoms with van der Waals surface area (Å²) in [7, 11) is 4.74. The van der Waals surface area contributed by atoms with E-state index in [-0.39, 0.29) is 11.9 Å². The lowest BCUT2D eigenvalue weighted by atomic mass is 10.1. The Morgan fingerprint density at radius 1 is 1.10 bits per heavy atom. The van der Waals surface area contributed by atoms with Gasteiger partial charge in [-0.05, 0) is 38.5 Å². The fourth-order valence-corrected chi connectivity index (χ4v) is 3.27. The van der Waals surface area contributed by atoms with Crippen LogP contribution in [0, 0.1) is 6.92 Å². The van der Waals surface area contributed by atoms with Crippen LogP contribution in [0.25, 0.3) is 16.7 Å². The fraction of sp³-hybridized carbons (Fsp3) is 0.364. The van der Waals surface area contributed by atoms with E-state index in [1.807, 2.05) is 55.7 Å². The molecule has 0 aliphatic rings. The van der Waals surface area contributed by atoms with Crippen molar-refractivity contribution in [3.8, 4) is 22.9 Å². The molecule has 1 amide bonds. The maximum absolute atomic E-state index is 12.5. The van der Waals surface area contributed by atoms with Gasteiger partial charge in [0, 0.05) is 23.7 Å². The number of ether oxygens (including phenoxy) is 3. The Labute approximate surface area is 170 Å². The van der Waals surface area contributed by atoms with Crippen molar-refractivity contribution in [1.82, 2.24) is 14.9 Å². The minimum absolute atomic E-state index is 0.0961. The highest BCUT2D eigenvalue weighted by atomic mass is 16.5. The first-order valence-corrected chi connectivity index (χ1v) is 9.53. The van der Waals surface area contributed by atoms with Crippen molar-refractivity contribution < 1.29 is 19.0 Å². The zero-order valence-electron chi connectivity index (χ0n) is 17.7. The van der Waals surface area contributed by atoms with Gasteiger partial charge in [-0.15, -0.1) is 0 Å². The molecule has 0 aliphatic carbocycles. The van der Waals surface area contributed by atoms with E-state index in [9.17, 15) is 4.79 Å². The van der Waals surface area contributed by atoms with Crippen LogP contribution in [0.4, 0.5) is 0 Å². The molecule has 154 valence electrons. The van der Waals surface area contributed by atoms with Crippen LogP contribution in [-0.2, 0) is 0 Å². The Bertz CT molecular complexity index is 1020. The lowest BCUT2D eigenvalue weighted by Gasteiger charge is -2.15. The molecule has 0 bridgehead atoms. The van der Waals surface area contributed by atoms with Gasteiger partial charge in [-0.25, -0.2) is 4.98 Å². The molecule has 3 aromatic rings. The number of nitrogens with zero attached hydrogens (tertiary/aromatic N) is 2. The van der Waals surface area contributed by atoms with E-state index in [2.05, 4.69) is 10.3 Å². The minimum atomic E-state index is -0.0961. The highest BCUT2D eigenvalue weighted by Gasteiger charge is 2.18. The number of rotatable bonds is 7. The Kier molecular flexibility index (Phi) is 5.96. The van der Waals surface area contributed by atoms with Crippen molar-refractivity contribution in [1.29, 1.82) is 0 Å². The lowest BCUT2D eigenvalue weighted by Crippen LogP contribution is -2.31. The SMILES string of the molecule is CCC(C)NC(=O)c1ccc2c(c1)nc(C)n2-c1cc(OC)c(OC)c(OC)c1. The number of carbonyl (C=O) groups is 1. The molecule has 3 rings (SSSR count). The van der Waals surface area contributed by atoms with E-state index in [1.54, 1.807) is 21.3 Å². The van der Waals surface area contributed by atoms with Crippen LogP contribution in [0.15, 0.2) is 30.3 Å². The van der Waals surface area contributed by atoms with E-state index in [4.69, 9.17) is 14.2 Å². The van der Waals surface area contributed by atoms with Crippen LogP contribution in [0.3, 0.4) is 0 Å². The summed E-state index contributed by atoms with van der Waals surface area (Å²) in [6, 6.07) is 9.41. The standard InChI is InChI=1S/C22H27N3O4/c1-7-13(2)23-22(26)15-8-9-18-17(10-15)24-14(3)25(18)16-11-19(27-4)21(29-6)20(12-16)28-5/h8-13H,7H2,1-6H3,(H,23,26). The van der Waals surface area contributed by atoms with Crippen molar-refractivity contribution in [2.75, 3.05) is 21.3 Å². The third-order valence-electron chi connectivity index (χ3n) is 4.98. The number of carbonyl (C=O) groups excluding carboxylic acids is 1. The average Bonchev–Trinajstić information content (AvgIpc) is 3.07. The molecule has 0 aliphatic heterocycles. The summed E-state index contributed by atoms with van der Waals surface area (Å²) in [5.74, 6) is 2.35. The van der Waals surface area contributed by atoms with Gasteiger partial charge in [-0.1, -0.05) is 6.92 Å². The van der Waals surface area contributed by atoms with Gasteiger partial charge < -0.3 is 19.5 Å². The number of benzene rings is 2. The van der Waals surface area contributed by atoms with E-state index < -0.39 is 0 Å². The number of hydrogen-bond donors (Lipinski definition) is 1. The van der Waals surface area contributed by atoms with Crippen LogP contribution >= 0.6 is 0 Å². The smallest absolute Gasteiger partial charge is 0.251 e. The zero-order valence-corrected chi connectivity index (χ0v) is 17.7. The monoisotopic (exact) mass is 397 g/mol. The zero-order chi connectivity index (χ0) is 21.1. The largest absolute Gasteiger partial charge is 0.493 e. The first kappa shape index (κ1) is 20.5. The lowest BCUT2D eigenvalue weighted by molar-refractivity contribution is 0.0939. The number of amides is 1. The highest BCUT2D eigenvalue weighted by molar-refractivity contribution is 5.97. The summed E-state index contributed by atoms with van der Waals surface area (Å²) in [6.07, 6.45) is 0.878. The van der Waals surface area contributed by atoms with Gasteiger partial charge in [-0.2, -0.15) is 0 Å². The van der Waals surface area contributed by atoms with Crippen molar-refractivity contribution >= 4 is 16.9 Å². The third kappa shape index (κ3) is 3.85. The van der Waals surface area contributed by atoms with Gasteiger partial charge in [-0.3, -0.25) is 9.36 Å². The van der Waals surface area contributed by atoms with Gasteiger partial charge in [0.15, 0.2) is 11.5 Å². The molecule has 1 atom stereocenters. The molecular formula is C22H27N3O4. The molecule has 0 radical (unpaired) electrons. The Morgan fingerprint density at radius 2 is 1.76 bits per heavy atom. The van der Waals surface area contributed by atoms with Gasteiger partial charge in [0.05, 0.1) is 38.1 Å². The van der Waals surface area contributed by atoms with E-state index in [1.165, 1.54) is 0 Å². The molecular weight excluding hydrogens is 370 g/mol. The molecule has 0 saturated heterocycles. The summed E-state index contributed by atoms with van der Waals surface area (Å²) in [5.41, 5.74) is 3.05. The Morgan fingerprint density at radius 3 is 2.31 bits per heavy atom. The molecule has 1 heterocycles. The Balaban J connectivity index is 2.10. The van der Waals surface area contributed by atoms with Crippen molar-refractivity contribution in [2.24, 2.45) is 0 Å². The van der Waals surface area contributed by atoms with Gasteiger partial charge in [0.25, 0.3) is 5.91 Å². The predicted molar refractivity (Wildman–Crippen MR) is 113 cm³/mol. The Hall–Kier alpha value is -3.22. The van der Waals surface area contributed by atoms with Gasteiger partial charge >= 0.3 is 0 Å². The number of methoxy groups -OCH3 is 3. The molecule has 1 unspecified atom stereocenters. The summed E-state index contributed by atoms with van der Waals surface area (Å²) in [4.78, 5) is 17.1. The number of aryl methyl sites for hydroxylation is 1. The van der Waals surface area contributed by atoms with Crippen LogP contribution in [0.2, 0.25) is 0 Å². The quantitative estimate of drug-likeness (QED) is 0.655. The number of hydrogen-bond acceptors (Lipinski definition) is 5. The molecule has 7 nitrogen and oxygen atoms in total. The summed E-state index contributed by atoms with van der Waals surface area (Å²) >= 11 is 0. The normalized spacial score (nSPS) is 11.9. The fourth-order valence-electron chi connectivity index (χ4n) is 3.27. The molecule has 0 spiro atoms. The second kappa shape index (κ2) is 8.43. The molecule has 1 aromatic heterocycles. The van der Waals surface area contributed by atoms with Gasteiger partial charge in [0.2, 0.25) is 5.75 Å². The third-order valence-corrected chi connectivity index (χ3v) is 4.98. The minimum Gasteiger partial charge on any atom is -0.493 e. The molecule has 0 fully saturated rings. The molecule has 29 heavy (non-hydrogen) atoms. The summed E-state index contributed by atoms with van der Waals surface area (Å²) < 4.78 is 18.4. The number of imidazole rings is 1. The maximum atomic E-state index is 12.5. The molecule has 2 aromatic carbocycles. The van der Waals surface area contributed by atoms with E-state index in [0.29, 0.717) is 22.8 Å². The summed E-state index contributed by atoms with van der Waals surface area (Å²) in [6.45, 7) is 5.94. The number of nitrogens with one attached hydrogen (secondary N) is 1. The number of fused-ring (bicyclic) bond motifs is 1. The first-order valence-electron chi connectivity index (χ1n) is 9.53. The first-order chi connectivity index (χ1) is 13.9. The second-order valence-electron chi connectivity index (χ2n) is 6.86. The predicted octanol–water partition coefficient (Wildman–Crippen LogP) is 3.89. The molecule has 1 N–H and O–H groups in total. The average molecular weight is 397 g/mol. The summed E-state index contributed by atoms with van der Waals surface area (Å²) in [5, 5.41) is 2.99. The van der Waals surface area contributed by atoms with Crippen LogP contribution in [0.5, 0.6) is 17.2 Å².